The molecule has 6 heteroatoms. The highest BCUT2D eigenvalue weighted by Gasteiger charge is 2.58. The fraction of sp³-hybridized carbons (Fsp3) is 0.571. The molecule has 1 aromatic heterocycles. The first-order valence-corrected chi connectivity index (χ1v) is 6.64. The third-order valence-corrected chi connectivity index (χ3v) is 4.48. The minimum atomic E-state index is -0.559. The molecule has 106 valence electrons. The standard InChI is InChI=1S/C14H16N2O4/c1-4-9-6-16(13(18)15-11(9)17)12-10-8(3)14(5-2,20-12)7-19-10/h1,6,8,10,12H,5,7H2,2-3H3,(H,15,17,18)/t8-,10+,12+,14-/m0/s1. The van der Waals surface area contributed by atoms with Gasteiger partial charge in [-0.1, -0.05) is 19.8 Å². The first kappa shape index (κ1) is 13.2. The Kier molecular flexibility index (Phi) is 2.85. The van der Waals surface area contributed by atoms with Gasteiger partial charge < -0.3 is 9.47 Å². The van der Waals surface area contributed by atoms with E-state index in [2.05, 4.69) is 17.8 Å². The molecule has 0 radical (unpaired) electrons. The molecule has 20 heavy (non-hydrogen) atoms. The van der Waals surface area contributed by atoms with Gasteiger partial charge in [0.2, 0.25) is 0 Å². The quantitative estimate of drug-likeness (QED) is 0.785. The third-order valence-electron chi connectivity index (χ3n) is 4.48. The molecule has 0 aliphatic carbocycles. The van der Waals surface area contributed by atoms with E-state index in [1.54, 1.807) is 0 Å². The Morgan fingerprint density at radius 2 is 2.35 bits per heavy atom. The number of nitrogens with one attached hydrogen (secondary N) is 1. The van der Waals surface area contributed by atoms with Gasteiger partial charge >= 0.3 is 5.69 Å². The van der Waals surface area contributed by atoms with E-state index >= 15 is 0 Å². The lowest BCUT2D eigenvalue weighted by Gasteiger charge is -2.31. The summed E-state index contributed by atoms with van der Waals surface area (Å²) in [6.07, 6.45) is 6.69. The number of hydrogen-bond donors (Lipinski definition) is 1. The Hall–Kier alpha value is -1.84. The van der Waals surface area contributed by atoms with E-state index in [0.717, 1.165) is 6.42 Å². The lowest BCUT2D eigenvalue weighted by molar-refractivity contribution is -0.174. The predicted molar refractivity (Wildman–Crippen MR) is 71.3 cm³/mol. The maximum Gasteiger partial charge on any atom is 0.330 e. The molecule has 2 bridgehead atoms. The molecule has 0 unspecified atom stereocenters. The highest BCUT2D eigenvalue weighted by molar-refractivity contribution is 5.26. The topological polar surface area (TPSA) is 73.3 Å². The Balaban J connectivity index is 2.07. The molecule has 2 fully saturated rings. The van der Waals surface area contributed by atoms with Gasteiger partial charge in [-0.2, -0.15) is 0 Å². The molecular weight excluding hydrogens is 260 g/mol. The summed E-state index contributed by atoms with van der Waals surface area (Å²) in [5.74, 6) is 2.45. The van der Waals surface area contributed by atoms with Crippen LogP contribution in [0.15, 0.2) is 15.8 Å². The summed E-state index contributed by atoms with van der Waals surface area (Å²) in [5.41, 5.74) is -1.35. The van der Waals surface area contributed by atoms with Gasteiger partial charge in [0, 0.05) is 12.1 Å². The zero-order chi connectivity index (χ0) is 14.5. The summed E-state index contributed by atoms with van der Waals surface area (Å²) in [7, 11) is 0. The van der Waals surface area contributed by atoms with Crippen LogP contribution in [0.3, 0.4) is 0 Å². The predicted octanol–water partition coefficient (Wildman–Crippen LogP) is 0.230. The Bertz CT molecular complexity index is 698. The van der Waals surface area contributed by atoms with E-state index in [9.17, 15) is 9.59 Å². The van der Waals surface area contributed by atoms with E-state index in [-0.39, 0.29) is 23.2 Å². The van der Waals surface area contributed by atoms with Crippen molar-refractivity contribution in [2.45, 2.75) is 38.2 Å². The van der Waals surface area contributed by atoms with Crippen LogP contribution >= 0.6 is 0 Å². The van der Waals surface area contributed by atoms with Crippen LogP contribution in [0.4, 0.5) is 0 Å². The van der Waals surface area contributed by atoms with Crippen molar-refractivity contribution >= 4 is 0 Å². The molecule has 3 heterocycles. The zero-order valence-electron chi connectivity index (χ0n) is 11.4. The van der Waals surface area contributed by atoms with Crippen LogP contribution in [0, 0.1) is 18.3 Å². The van der Waals surface area contributed by atoms with Crippen molar-refractivity contribution in [3.63, 3.8) is 0 Å². The first-order valence-electron chi connectivity index (χ1n) is 6.64. The van der Waals surface area contributed by atoms with E-state index in [0.29, 0.717) is 6.61 Å². The lowest BCUT2D eigenvalue weighted by atomic mass is 9.88. The highest BCUT2D eigenvalue weighted by Crippen LogP contribution is 2.49. The Morgan fingerprint density at radius 3 is 2.95 bits per heavy atom. The summed E-state index contributed by atoms with van der Waals surface area (Å²) < 4.78 is 13.1. The zero-order valence-corrected chi connectivity index (χ0v) is 11.4. The number of rotatable bonds is 2. The number of fused-ring (bicyclic) bond motifs is 2. The van der Waals surface area contributed by atoms with Gasteiger partial charge in [-0.15, -0.1) is 6.42 Å². The molecule has 2 aliphatic rings. The van der Waals surface area contributed by atoms with Gasteiger partial charge in [-0.3, -0.25) is 14.3 Å². The fourth-order valence-electron chi connectivity index (χ4n) is 3.09. The van der Waals surface area contributed by atoms with Crippen molar-refractivity contribution in [3.8, 4) is 12.3 Å². The van der Waals surface area contributed by atoms with Crippen LogP contribution in [-0.4, -0.2) is 27.9 Å². The third kappa shape index (κ3) is 1.60. The molecule has 0 amide bonds. The van der Waals surface area contributed by atoms with Crippen molar-refractivity contribution in [1.82, 2.24) is 9.55 Å². The second-order valence-corrected chi connectivity index (χ2v) is 5.34. The van der Waals surface area contributed by atoms with E-state index in [1.165, 1.54) is 10.8 Å². The molecular formula is C14H16N2O4. The van der Waals surface area contributed by atoms with Gasteiger partial charge in [0.15, 0.2) is 6.23 Å². The average Bonchev–Trinajstić information content (AvgIpc) is 2.90. The van der Waals surface area contributed by atoms with Crippen LogP contribution in [0.25, 0.3) is 0 Å². The van der Waals surface area contributed by atoms with Crippen molar-refractivity contribution in [2.75, 3.05) is 6.61 Å². The largest absolute Gasteiger partial charge is 0.370 e. The van der Waals surface area contributed by atoms with Gasteiger partial charge in [-0.25, -0.2) is 4.79 Å². The van der Waals surface area contributed by atoms with E-state index < -0.39 is 17.5 Å². The summed E-state index contributed by atoms with van der Waals surface area (Å²) in [6, 6.07) is 0. The number of terminal acetylenes is 1. The van der Waals surface area contributed by atoms with Crippen LogP contribution in [0.1, 0.15) is 32.1 Å². The minimum absolute atomic E-state index is 0.106. The van der Waals surface area contributed by atoms with Crippen LogP contribution in [-0.2, 0) is 9.47 Å². The van der Waals surface area contributed by atoms with Gasteiger partial charge in [0.1, 0.15) is 11.7 Å². The second kappa shape index (κ2) is 4.33. The molecule has 2 aliphatic heterocycles. The van der Waals surface area contributed by atoms with Gasteiger partial charge in [0.05, 0.1) is 12.2 Å². The molecule has 3 rings (SSSR count). The molecule has 2 saturated heterocycles. The monoisotopic (exact) mass is 276 g/mol. The van der Waals surface area contributed by atoms with Crippen LogP contribution in [0.5, 0.6) is 0 Å². The first-order chi connectivity index (χ1) is 9.52. The summed E-state index contributed by atoms with van der Waals surface area (Å²) in [6.45, 7) is 4.62. The number of nitrogens with zero attached hydrogens (tertiary/aromatic N) is 1. The van der Waals surface area contributed by atoms with Gasteiger partial charge in [0.25, 0.3) is 5.56 Å². The van der Waals surface area contributed by atoms with Crippen LogP contribution in [0.2, 0.25) is 0 Å². The maximum absolute atomic E-state index is 12.0. The number of hydrogen-bond acceptors (Lipinski definition) is 4. The lowest BCUT2D eigenvalue weighted by Crippen LogP contribution is -2.41. The molecule has 1 N–H and O–H groups in total. The second-order valence-electron chi connectivity index (χ2n) is 5.34. The normalized spacial score (nSPS) is 35.1. The molecule has 0 spiro atoms. The van der Waals surface area contributed by atoms with Crippen LogP contribution < -0.4 is 11.2 Å². The van der Waals surface area contributed by atoms with Gasteiger partial charge in [-0.05, 0) is 6.42 Å². The Labute approximate surface area is 115 Å². The Morgan fingerprint density at radius 1 is 1.60 bits per heavy atom. The molecule has 4 atom stereocenters. The maximum atomic E-state index is 12.0. The number of H-pyrrole nitrogens is 1. The fourth-order valence-corrected chi connectivity index (χ4v) is 3.09. The number of ether oxygens (including phenoxy) is 2. The van der Waals surface area contributed by atoms with Crippen molar-refractivity contribution in [1.29, 1.82) is 0 Å². The van der Waals surface area contributed by atoms with Crippen molar-refractivity contribution in [2.24, 2.45) is 5.92 Å². The average molecular weight is 276 g/mol. The van der Waals surface area contributed by atoms with E-state index in [1.807, 2.05) is 6.92 Å². The molecule has 1 aromatic rings. The number of aromatic nitrogens is 2. The van der Waals surface area contributed by atoms with E-state index in [4.69, 9.17) is 15.9 Å². The summed E-state index contributed by atoms with van der Waals surface area (Å²) >= 11 is 0. The summed E-state index contributed by atoms with van der Waals surface area (Å²) in [5, 5.41) is 0. The molecule has 0 aromatic carbocycles. The summed E-state index contributed by atoms with van der Waals surface area (Å²) in [4.78, 5) is 25.7. The minimum Gasteiger partial charge on any atom is -0.370 e. The molecule has 6 nitrogen and oxygen atoms in total. The SMILES string of the molecule is C#Cc1cn([C@@H]2O[C@@]3(CC)CO[C@@H]2[C@@H]3C)c(=O)[nH]c1=O. The number of aromatic amines is 1. The molecule has 0 saturated carbocycles. The van der Waals surface area contributed by atoms with Crippen molar-refractivity contribution < 1.29 is 9.47 Å². The smallest absolute Gasteiger partial charge is 0.330 e. The highest BCUT2D eigenvalue weighted by atomic mass is 16.6. The van der Waals surface area contributed by atoms with Crippen molar-refractivity contribution in [3.05, 3.63) is 32.6 Å².